The van der Waals surface area contributed by atoms with E-state index in [4.69, 9.17) is 14.2 Å². The molecule has 0 bridgehead atoms. The first-order valence-corrected chi connectivity index (χ1v) is 16.0. The first-order valence-electron chi connectivity index (χ1n) is 14.9. The number of aliphatic carboxylic acids is 1. The second-order valence-electron chi connectivity index (χ2n) is 10.8. The van der Waals surface area contributed by atoms with Crippen molar-refractivity contribution in [3.63, 3.8) is 0 Å². The first-order chi connectivity index (χ1) is 19.8. The molecular weight excluding hydrogens is 552 g/mol. The molecule has 0 aliphatic carbocycles. The maximum Gasteiger partial charge on any atom is 0.315 e. The van der Waals surface area contributed by atoms with Crippen molar-refractivity contribution in [2.24, 2.45) is 5.92 Å². The van der Waals surface area contributed by atoms with Crippen molar-refractivity contribution in [3.8, 4) is 0 Å². The van der Waals surface area contributed by atoms with E-state index < -0.39 is 11.9 Å². The number of ether oxygens (including phenoxy) is 3. The van der Waals surface area contributed by atoms with Crippen molar-refractivity contribution in [3.05, 3.63) is 0 Å². The number of urea groups is 1. The summed E-state index contributed by atoms with van der Waals surface area (Å²) in [4.78, 5) is 58.7. The van der Waals surface area contributed by atoms with E-state index in [0.29, 0.717) is 77.0 Å². The molecule has 2 saturated heterocycles. The van der Waals surface area contributed by atoms with Crippen molar-refractivity contribution < 1.29 is 43.3 Å². The highest BCUT2D eigenvalue weighted by atomic mass is 32.2. The van der Waals surface area contributed by atoms with Gasteiger partial charge in [0.05, 0.1) is 44.4 Å². The molecule has 2 amide bonds. The number of carboxylic acids is 1. The van der Waals surface area contributed by atoms with Crippen LogP contribution in [0.4, 0.5) is 4.79 Å². The molecule has 3 N–H and O–H groups in total. The lowest BCUT2D eigenvalue weighted by Gasteiger charge is -2.16. The molecule has 0 aromatic rings. The largest absolute Gasteiger partial charge is 0.481 e. The molecule has 4 atom stereocenters. The van der Waals surface area contributed by atoms with Crippen molar-refractivity contribution in [1.82, 2.24) is 10.6 Å². The molecule has 234 valence electrons. The van der Waals surface area contributed by atoms with Crippen LogP contribution in [0.15, 0.2) is 0 Å². The Labute approximate surface area is 247 Å². The summed E-state index contributed by atoms with van der Waals surface area (Å²) in [6.45, 7) is 4.60. The molecule has 0 aromatic carbocycles. The molecular formula is C29H48N2O9S. The Hall–Kier alpha value is -2.02. The summed E-state index contributed by atoms with van der Waals surface area (Å²) in [6, 6.07) is 0.207. The van der Waals surface area contributed by atoms with Crippen LogP contribution in [0.25, 0.3) is 0 Å². The highest BCUT2D eigenvalue weighted by Gasteiger charge is 2.42. The lowest BCUT2D eigenvalue weighted by atomic mass is 9.93. The summed E-state index contributed by atoms with van der Waals surface area (Å²) in [5.41, 5.74) is 0. The van der Waals surface area contributed by atoms with Crippen molar-refractivity contribution in [1.29, 1.82) is 0 Å². The van der Waals surface area contributed by atoms with Gasteiger partial charge in [0, 0.05) is 56.3 Å². The van der Waals surface area contributed by atoms with Gasteiger partial charge < -0.3 is 34.7 Å². The monoisotopic (exact) mass is 600 g/mol. The number of nitrogens with one attached hydrogen (secondary N) is 2. The molecule has 2 aliphatic rings. The number of carbonyl (C=O) groups excluding carboxylic acids is 4. The molecule has 11 nitrogen and oxygen atoms in total. The number of carboxylic acid groups (broad SMARTS) is 1. The van der Waals surface area contributed by atoms with E-state index in [2.05, 4.69) is 10.6 Å². The molecule has 2 fully saturated rings. The molecule has 0 saturated carbocycles. The fourth-order valence-electron chi connectivity index (χ4n) is 4.96. The van der Waals surface area contributed by atoms with Gasteiger partial charge in [-0.2, -0.15) is 11.8 Å². The van der Waals surface area contributed by atoms with E-state index in [1.165, 1.54) is 0 Å². The lowest BCUT2D eigenvalue weighted by Crippen LogP contribution is -2.36. The Morgan fingerprint density at radius 2 is 1.34 bits per heavy atom. The van der Waals surface area contributed by atoms with E-state index in [1.54, 1.807) is 6.92 Å². The van der Waals surface area contributed by atoms with Gasteiger partial charge in [0.15, 0.2) is 0 Å². The SMILES string of the molecule is CC(=O)CCCCOCCOCCOCCCCC(=O)CC(CC(=O)CCCCC1SCC2NC(=O)NC21)C(=O)O. The standard InChI is InChI=1S/C29H48N2O9S/c1-21(32)8-4-6-12-38-14-16-40-17-15-39-13-7-5-10-24(34)19-22(28(35)36)18-23(33)9-2-3-11-26-27-25(20-41-26)30-29(37)31-27/h22,25-27H,2-20H2,1H3,(H,35,36)(H2,30,31,37). The Morgan fingerprint density at radius 3 is 1.90 bits per heavy atom. The van der Waals surface area contributed by atoms with Crippen LogP contribution in [-0.2, 0) is 33.4 Å². The molecule has 2 rings (SSSR count). The van der Waals surface area contributed by atoms with Crippen molar-refractivity contribution in [2.75, 3.05) is 45.4 Å². The molecule has 0 aromatic heterocycles. The average Bonchev–Trinajstić information content (AvgIpc) is 3.47. The molecule has 2 aliphatic heterocycles. The quantitative estimate of drug-likeness (QED) is 0.0994. The Bertz CT molecular complexity index is 841. The fourth-order valence-corrected chi connectivity index (χ4v) is 6.50. The smallest absolute Gasteiger partial charge is 0.315 e. The minimum absolute atomic E-state index is 0.113. The Morgan fingerprint density at radius 1 is 0.805 bits per heavy atom. The number of amides is 2. The van der Waals surface area contributed by atoms with Gasteiger partial charge in [-0.3, -0.25) is 14.4 Å². The van der Waals surface area contributed by atoms with Crippen LogP contribution in [0.1, 0.15) is 84.0 Å². The summed E-state index contributed by atoms with van der Waals surface area (Å²) in [5.74, 6) is -1.25. The number of hydrogen-bond donors (Lipinski definition) is 3. The third-order valence-electron chi connectivity index (χ3n) is 7.24. The van der Waals surface area contributed by atoms with Crippen molar-refractivity contribution >= 4 is 41.1 Å². The predicted octanol–water partition coefficient (Wildman–Crippen LogP) is 3.31. The summed E-state index contributed by atoms with van der Waals surface area (Å²) in [7, 11) is 0. The number of unbranched alkanes of at least 4 members (excludes halogenated alkanes) is 3. The van der Waals surface area contributed by atoms with Gasteiger partial charge in [-0.05, 0) is 45.4 Å². The highest BCUT2D eigenvalue weighted by molar-refractivity contribution is 8.00. The second-order valence-corrected chi connectivity index (χ2v) is 12.1. The van der Waals surface area contributed by atoms with E-state index in [0.717, 1.165) is 31.4 Å². The average molecular weight is 601 g/mol. The maximum absolute atomic E-state index is 12.4. The molecule has 2 heterocycles. The van der Waals surface area contributed by atoms with E-state index in [-0.39, 0.29) is 54.7 Å². The van der Waals surface area contributed by atoms with Gasteiger partial charge >= 0.3 is 12.0 Å². The van der Waals surface area contributed by atoms with Crippen LogP contribution in [0.5, 0.6) is 0 Å². The number of thioether (sulfide) groups is 1. The summed E-state index contributed by atoms with van der Waals surface area (Å²) < 4.78 is 16.4. The topological polar surface area (TPSA) is 157 Å². The number of fused-ring (bicyclic) bond motifs is 1. The van der Waals surface area contributed by atoms with Gasteiger partial charge in [0.2, 0.25) is 0 Å². The lowest BCUT2D eigenvalue weighted by molar-refractivity contribution is -0.145. The molecule has 4 unspecified atom stereocenters. The van der Waals surface area contributed by atoms with Crippen LogP contribution in [0.3, 0.4) is 0 Å². The van der Waals surface area contributed by atoms with E-state index >= 15 is 0 Å². The number of ketones is 3. The summed E-state index contributed by atoms with van der Waals surface area (Å²) in [5, 5.41) is 15.7. The normalized spacial score (nSPS) is 20.3. The highest BCUT2D eigenvalue weighted by Crippen LogP contribution is 2.33. The third kappa shape index (κ3) is 15.7. The zero-order valence-electron chi connectivity index (χ0n) is 24.4. The third-order valence-corrected chi connectivity index (χ3v) is 8.74. The van der Waals surface area contributed by atoms with Crippen LogP contribution in [-0.4, -0.2) is 97.2 Å². The van der Waals surface area contributed by atoms with Gasteiger partial charge in [-0.1, -0.05) is 6.42 Å². The van der Waals surface area contributed by atoms with Gasteiger partial charge in [-0.25, -0.2) is 4.79 Å². The fraction of sp³-hybridized carbons (Fsp3) is 0.828. The van der Waals surface area contributed by atoms with Crippen LogP contribution < -0.4 is 10.6 Å². The van der Waals surface area contributed by atoms with Crippen molar-refractivity contribution in [2.45, 2.75) is 101 Å². The second kappa shape index (κ2) is 20.8. The zero-order chi connectivity index (χ0) is 29.9. The van der Waals surface area contributed by atoms with Gasteiger partial charge in [-0.15, -0.1) is 0 Å². The molecule has 12 heteroatoms. The minimum Gasteiger partial charge on any atom is -0.481 e. The van der Waals surface area contributed by atoms with Crippen LogP contribution in [0.2, 0.25) is 0 Å². The Kier molecular flexibility index (Phi) is 17.8. The summed E-state index contributed by atoms with van der Waals surface area (Å²) in [6.07, 6.45) is 6.37. The molecule has 0 spiro atoms. The molecule has 41 heavy (non-hydrogen) atoms. The van der Waals surface area contributed by atoms with E-state index in [9.17, 15) is 29.1 Å². The number of carbonyl (C=O) groups is 5. The minimum atomic E-state index is -1.11. The summed E-state index contributed by atoms with van der Waals surface area (Å²) >= 11 is 1.83. The number of hydrogen-bond acceptors (Lipinski definition) is 9. The first kappa shape index (κ1) is 35.2. The van der Waals surface area contributed by atoms with E-state index in [1.807, 2.05) is 11.8 Å². The maximum atomic E-state index is 12.4. The predicted molar refractivity (Wildman–Crippen MR) is 155 cm³/mol. The van der Waals surface area contributed by atoms with Crippen LogP contribution >= 0.6 is 11.8 Å². The Balaban J connectivity index is 1.42. The number of Topliss-reactive ketones (excluding diaryl/α,β-unsaturated/α-hetero) is 3. The zero-order valence-corrected chi connectivity index (χ0v) is 25.2. The van der Waals surface area contributed by atoms with Crippen LogP contribution in [0, 0.1) is 5.92 Å². The number of rotatable bonds is 26. The van der Waals surface area contributed by atoms with Gasteiger partial charge in [0.25, 0.3) is 0 Å². The molecule has 0 radical (unpaired) electrons. The van der Waals surface area contributed by atoms with Gasteiger partial charge in [0.1, 0.15) is 17.3 Å².